The predicted molar refractivity (Wildman–Crippen MR) is 72.7 cm³/mol. The minimum absolute atomic E-state index is 0.150. The van der Waals surface area contributed by atoms with Crippen LogP contribution in [0.3, 0.4) is 0 Å². The van der Waals surface area contributed by atoms with E-state index >= 15 is 0 Å². The molecular weight excluding hydrogens is 248 g/mol. The Morgan fingerprint density at radius 2 is 1.94 bits per heavy atom. The molecule has 0 aromatic heterocycles. The molecule has 0 spiro atoms. The molecule has 1 aliphatic rings. The van der Waals surface area contributed by atoms with Crippen molar-refractivity contribution in [2.75, 3.05) is 6.61 Å². The lowest BCUT2D eigenvalue weighted by Gasteiger charge is -2.39. The van der Waals surface area contributed by atoms with Gasteiger partial charge in [0.05, 0.1) is 6.61 Å². The van der Waals surface area contributed by atoms with Gasteiger partial charge in [-0.1, -0.05) is 20.8 Å². The molecule has 0 saturated carbocycles. The van der Waals surface area contributed by atoms with Gasteiger partial charge < -0.3 is 13.9 Å². The van der Waals surface area contributed by atoms with Crippen LogP contribution < -0.4 is 0 Å². The lowest BCUT2D eigenvalue weighted by molar-refractivity contribution is -0.152. The highest BCUT2D eigenvalue weighted by molar-refractivity contribution is 6.74. The maximum Gasteiger partial charge on any atom is 0.303 e. The largest absolute Gasteiger partial charge is 0.456 e. The Balaban J connectivity index is 2.55. The molecule has 18 heavy (non-hydrogen) atoms. The van der Waals surface area contributed by atoms with E-state index in [2.05, 4.69) is 33.9 Å². The number of ether oxygens (including phenoxy) is 2. The van der Waals surface area contributed by atoms with Crippen LogP contribution in [0.2, 0.25) is 18.1 Å². The third kappa shape index (κ3) is 4.22. The summed E-state index contributed by atoms with van der Waals surface area (Å²) in [7, 11) is -1.83. The summed E-state index contributed by atoms with van der Waals surface area (Å²) in [4.78, 5) is 10.8. The molecule has 1 aliphatic heterocycles. The van der Waals surface area contributed by atoms with Gasteiger partial charge in [0.1, 0.15) is 6.10 Å². The number of rotatable bonds is 3. The zero-order valence-corrected chi connectivity index (χ0v) is 13.1. The first-order chi connectivity index (χ1) is 8.12. The Morgan fingerprint density at radius 1 is 1.33 bits per heavy atom. The second-order valence-corrected chi connectivity index (χ2v) is 10.9. The van der Waals surface area contributed by atoms with E-state index in [0.29, 0.717) is 6.61 Å². The Morgan fingerprint density at radius 3 is 2.33 bits per heavy atom. The average molecular weight is 272 g/mol. The summed E-state index contributed by atoms with van der Waals surface area (Å²) >= 11 is 0. The maximum atomic E-state index is 10.8. The molecule has 2 atom stereocenters. The fraction of sp³-hybridized carbons (Fsp3) is 0.769. The van der Waals surface area contributed by atoms with Crippen LogP contribution >= 0.6 is 0 Å². The molecule has 0 bridgehead atoms. The van der Waals surface area contributed by atoms with Crippen LogP contribution in [0.25, 0.3) is 0 Å². The zero-order valence-electron chi connectivity index (χ0n) is 12.1. The minimum atomic E-state index is -1.83. The maximum absolute atomic E-state index is 10.8. The third-order valence-corrected chi connectivity index (χ3v) is 7.88. The van der Waals surface area contributed by atoms with Gasteiger partial charge >= 0.3 is 5.97 Å². The second-order valence-electron chi connectivity index (χ2n) is 6.11. The van der Waals surface area contributed by atoms with Crippen molar-refractivity contribution >= 4 is 14.3 Å². The van der Waals surface area contributed by atoms with Crippen molar-refractivity contribution in [3.05, 3.63) is 12.2 Å². The quantitative estimate of drug-likeness (QED) is 0.450. The number of carbonyl (C=O) groups is 1. The first-order valence-electron chi connectivity index (χ1n) is 6.27. The van der Waals surface area contributed by atoms with E-state index in [1.54, 1.807) is 0 Å². The highest BCUT2D eigenvalue weighted by Gasteiger charge is 2.39. The smallest absolute Gasteiger partial charge is 0.303 e. The van der Waals surface area contributed by atoms with E-state index in [4.69, 9.17) is 13.9 Å². The predicted octanol–water partition coefficient (Wildman–Crippen LogP) is 2.85. The molecular formula is C13H24O4Si. The molecule has 0 N–H and O–H groups in total. The molecule has 0 aromatic rings. The lowest BCUT2D eigenvalue weighted by atomic mass is 10.2. The van der Waals surface area contributed by atoms with Crippen molar-refractivity contribution in [2.24, 2.45) is 0 Å². The first-order valence-corrected chi connectivity index (χ1v) is 9.17. The van der Waals surface area contributed by atoms with Gasteiger partial charge in [-0.15, -0.1) is 0 Å². The molecule has 1 heterocycles. The summed E-state index contributed by atoms with van der Waals surface area (Å²) in [6, 6.07) is 0. The van der Waals surface area contributed by atoms with E-state index < -0.39 is 8.32 Å². The number of hydrogen-bond acceptors (Lipinski definition) is 4. The molecule has 104 valence electrons. The van der Waals surface area contributed by atoms with Crippen LogP contribution in [0.15, 0.2) is 12.2 Å². The molecule has 0 aliphatic carbocycles. The van der Waals surface area contributed by atoms with Crippen molar-refractivity contribution in [3.8, 4) is 0 Å². The van der Waals surface area contributed by atoms with E-state index in [0.717, 1.165) is 0 Å². The monoisotopic (exact) mass is 272 g/mol. The number of esters is 1. The second kappa shape index (κ2) is 5.55. The topological polar surface area (TPSA) is 44.8 Å². The van der Waals surface area contributed by atoms with Crippen LogP contribution in [0.4, 0.5) is 0 Å². The summed E-state index contributed by atoms with van der Waals surface area (Å²) in [5, 5.41) is 0.150. The summed E-state index contributed by atoms with van der Waals surface area (Å²) in [6.07, 6.45) is 3.06. The molecule has 0 unspecified atom stereocenters. The third-order valence-electron chi connectivity index (χ3n) is 3.44. The van der Waals surface area contributed by atoms with E-state index in [1.165, 1.54) is 6.92 Å². The van der Waals surface area contributed by atoms with Crippen molar-refractivity contribution in [2.45, 2.75) is 58.2 Å². The van der Waals surface area contributed by atoms with Gasteiger partial charge in [-0.05, 0) is 30.3 Å². The molecule has 0 radical (unpaired) electrons. The molecule has 0 aromatic carbocycles. The van der Waals surface area contributed by atoms with Gasteiger partial charge in [0.2, 0.25) is 0 Å². The fourth-order valence-electron chi connectivity index (χ4n) is 1.34. The SMILES string of the molecule is CC(=O)O[C@@H]1C=C[C@H](O[Si](C)(C)C(C)(C)C)OC1. The Bertz CT molecular complexity index is 330. The Kier molecular flexibility index (Phi) is 4.75. The van der Waals surface area contributed by atoms with Crippen LogP contribution in [0.5, 0.6) is 0 Å². The van der Waals surface area contributed by atoms with E-state index in [1.807, 2.05) is 12.2 Å². The Hall–Kier alpha value is -0.653. The summed E-state index contributed by atoms with van der Waals surface area (Å²) in [5.74, 6) is -0.294. The van der Waals surface area contributed by atoms with E-state index in [-0.39, 0.29) is 23.4 Å². The molecule has 5 heteroatoms. The van der Waals surface area contributed by atoms with Crippen molar-refractivity contribution in [1.82, 2.24) is 0 Å². The number of hydrogen-bond donors (Lipinski definition) is 0. The van der Waals surface area contributed by atoms with Crippen molar-refractivity contribution in [1.29, 1.82) is 0 Å². The summed E-state index contributed by atoms with van der Waals surface area (Å²) in [5.41, 5.74) is 0. The van der Waals surface area contributed by atoms with Gasteiger partial charge in [-0.3, -0.25) is 4.79 Å². The molecule has 1 rings (SSSR count). The van der Waals surface area contributed by atoms with Crippen LogP contribution in [0.1, 0.15) is 27.7 Å². The highest BCUT2D eigenvalue weighted by atomic mass is 28.4. The molecule has 4 nitrogen and oxygen atoms in total. The number of carbonyl (C=O) groups excluding carboxylic acids is 1. The van der Waals surface area contributed by atoms with Gasteiger partial charge in [0.25, 0.3) is 0 Å². The normalized spacial score (nSPS) is 25.0. The summed E-state index contributed by atoms with van der Waals surface area (Å²) in [6.45, 7) is 12.7. The van der Waals surface area contributed by atoms with Crippen molar-refractivity contribution < 1.29 is 18.7 Å². The van der Waals surface area contributed by atoms with Crippen LogP contribution in [-0.4, -0.2) is 33.3 Å². The van der Waals surface area contributed by atoms with Crippen LogP contribution in [0, 0.1) is 0 Å². The van der Waals surface area contributed by atoms with Gasteiger partial charge in [-0.2, -0.15) is 0 Å². The minimum Gasteiger partial charge on any atom is -0.456 e. The fourth-order valence-corrected chi connectivity index (χ4v) is 2.42. The van der Waals surface area contributed by atoms with Gasteiger partial charge in [-0.25, -0.2) is 0 Å². The van der Waals surface area contributed by atoms with Crippen molar-refractivity contribution in [3.63, 3.8) is 0 Å². The Labute approximate surface area is 110 Å². The summed E-state index contributed by atoms with van der Waals surface area (Å²) < 4.78 is 16.7. The molecule has 0 amide bonds. The zero-order chi connectivity index (χ0) is 14.0. The van der Waals surface area contributed by atoms with Gasteiger partial charge in [0.15, 0.2) is 14.6 Å². The average Bonchev–Trinajstić information content (AvgIpc) is 2.18. The van der Waals surface area contributed by atoms with E-state index in [9.17, 15) is 4.79 Å². The highest BCUT2D eigenvalue weighted by Crippen LogP contribution is 2.37. The molecule has 0 saturated heterocycles. The first kappa shape index (κ1) is 15.4. The van der Waals surface area contributed by atoms with Crippen LogP contribution in [-0.2, 0) is 18.7 Å². The molecule has 0 fully saturated rings. The lowest BCUT2D eigenvalue weighted by Crippen LogP contribution is -2.45. The van der Waals surface area contributed by atoms with Gasteiger partial charge in [0, 0.05) is 6.92 Å². The standard InChI is InChI=1S/C13H24O4Si/c1-10(14)16-11-7-8-12(15-9-11)17-18(5,6)13(2,3)4/h7-8,11-12H,9H2,1-6H3/t11-,12+/m1/s1.